The second kappa shape index (κ2) is 4.63. The topological polar surface area (TPSA) is 127 Å². The number of aliphatic hydroxyl groups excluding tert-OH is 2. The third-order valence-electron chi connectivity index (χ3n) is 4.02. The average molecular weight is 294 g/mol. The molecule has 2 aromatic heterocycles. The van der Waals surface area contributed by atoms with Gasteiger partial charge in [0.1, 0.15) is 35.6 Å². The number of aromatic nitrogens is 3. The maximum Gasteiger partial charge on any atom is 0.167 e. The van der Waals surface area contributed by atoms with Crippen molar-refractivity contribution in [2.24, 2.45) is 0 Å². The Kier molecular flexibility index (Phi) is 3.14. The van der Waals surface area contributed by atoms with Gasteiger partial charge in [0.15, 0.2) is 6.23 Å². The molecular formula is C13H18N4O4. The molecule has 3 rings (SSSR count). The molecule has 1 aliphatic rings. The van der Waals surface area contributed by atoms with Gasteiger partial charge in [0, 0.05) is 5.69 Å². The molecule has 0 aliphatic carbocycles. The minimum Gasteiger partial charge on any atom is -0.394 e. The van der Waals surface area contributed by atoms with Crippen molar-refractivity contribution >= 4 is 16.9 Å². The molecule has 114 valence electrons. The zero-order valence-electron chi connectivity index (χ0n) is 11.8. The van der Waals surface area contributed by atoms with Gasteiger partial charge in [-0.05, 0) is 19.9 Å². The van der Waals surface area contributed by atoms with Crippen molar-refractivity contribution in [3.63, 3.8) is 0 Å². The number of anilines is 1. The van der Waals surface area contributed by atoms with Crippen LogP contribution in [-0.4, -0.2) is 54.3 Å². The fraction of sp³-hybridized carbons (Fsp3) is 0.538. The summed E-state index contributed by atoms with van der Waals surface area (Å²) < 4.78 is 7.28. The zero-order chi connectivity index (χ0) is 15.4. The lowest BCUT2D eigenvalue weighted by molar-refractivity contribution is -0.0955. The van der Waals surface area contributed by atoms with Gasteiger partial charge in [0.25, 0.3) is 0 Å². The highest BCUT2D eigenvalue weighted by Crippen LogP contribution is 2.40. The van der Waals surface area contributed by atoms with Gasteiger partial charge in [-0.1, -0.05) is 0 Å². The molecule has 0 radical (unpaired) electrons. The van der Waals surface area contributed by atoms with Crippen LogP contribution in [0.25, 0.3) is 11.0 Å². The van der Waals surface area contributed by atoms with Crippen LogP contribution in [0.3, 0.4) is 0 Å². The van der Waals surface area contributed by atoms with E-state index in [-0.39, 0.29) is 6.61 Å². The number of ether oxygens (including phenoxy) is 1. The van der Waals surface area contributed by atoms with E-state index in [0.29, 0.717) is 16.9 Å². The van der Waals surface area contributed by atoms with Gasteiger partial charge < -0.3 is 30.4 Å². The number of nitrogen functional groups attached to an aromatic ring is 1. The predicted molar refractivity (Wildman–Crippen MR) is 74.3 cm³/mol. The van der Waals surface area contributed by atoms with Crippen LogP contribution in [0.4, 0.5) is 5.82 Å². The number of aliphatic hydroxyl groups is 3. The van der Waals surface area contributed by atoms with Gasteiger partial charge in [-0.25, -0.2) is 9.97 Å². The van der Waals surface area contributed by atoms with E-state index in [1.54, 1.807) is 10.6 Å². The lowest BCUT2D eigenvalue weighted by Gasteiger charge is -2.28. The Morgan fingerprint density at radius 2 is 2.19 bits per heavy atom. The summed E-state index contributed by atoms with van der Waals surface area (Å²) in [6.45, 7) is 2.90. The molecule has 1 aliphatic heterocycles. The molecule has 5 N–H and O–H groups in total. The summed E-state index contributed by atoms with van der Waals surface area (Å²) >= 11 is 0. The van der Waals surface area contributed by atoms with Crippen LogP contribution < -0.4 is 5.73 Å². The highest BCUT2D eigenvalue weighted by molar-refractivity contribution is 5.87. The van der Waals surface area contributed by atoms with Gasteiger partial charge >= 0.3 is 0 Å². The molecular weight excluding hydrogens is 276 g/mol. The summed E-state index contributed by atoms with van der Waals surface area (Å²) in [5.41, 5.74) is 5.53. The third kappa shape index (κ3) is 1.91. The number of fused-ring (bicyclic) bond motifs is 1. The Labute approximate surface area is 120 Å². The summed E-state index contributed by atoms with van der Waals surface area (Å²) in [6, 6.07) is 1.79. The summed E-state index contributed by atoms with van der Waals surface area (Å²) in [5, 5.41) is 30.6. The largest absolute Gasteiger partial charge is 0.394 e. The number of aryl methyl sites for hydroxylation is 1. The molecule has 0 aromatic carbocycles. The first-order chi connectivity index (χ1) is 9.87. The van der Waals surface area contributed by atoms with Crippen LogP contribution in [0.1, 0.15) is 18.8 Å². The molecule has 0 bridgehead atoms. The Hall–Kier alpha value is -1.74. The van der Waals surface area contributed by atoms with Gasteiger partial charge in [0.05, 0.1) is 12.0 Å². The molecule has 4 unspecified atom stereocenters. The summed E-state index contributed by atoms with van der Waals surface area (Å²) in [7, 11) is 0. The van der Waals surface area contributed by atoms with Crippen LogP contribution in [0.2, 0.25) is 0 Å². The Morgan fingerprint density at radius 3 is 2.81 bits per heavy atom. The number of hydrogen-bond donors (Lipinski definition) is 4. The van der Waals surface area contributed by atoms with Crippen molar-refractivity contribution < 1.29 is 20.1 Å². The Morgan fingerprint density at radius 1 is 1.48 bits per heavy atom. The molecule has 0 amide bonds. The molecule has 8 nitrogen and oxygen atoms in total. The van der Waals surface area contributed by atoms with Crippen molar-refractivity contribution in [2.75, 3.05) is 12.3 Å². The first kappa shape index (κ1) is 14.2. The predicted octanol–water partition coefficient (Wildman–Crippen LogP) is -0.676. The number of nitrogens with zero attached hydrogens (tertiary/aromatic N) is 3. The number of rotatable bonds is 2. The Bertz CT molecular complexity index is 684. The quantitative estimate of drug-likeness (QED) is 0.578. The molecule has 1 fully saturated rings. The van der Waals surface area contributed by atoms with Crippen LogP contribution >= 0.6 is 0 Å². The normalized spacial score (nSPS) is 32.9. The third-order valence-corrected chi connectivity index (χ3v) is 4.02. The first-order valence-corrected chi connectivity index (χ1v) is 6.62. The SMILES string of the molecule is Cc1cc2c(N)ncnc2n1C1OC(CO)C(O)C1(C)O. The van der Waals surface area contributed by atoms with E-state index in [4.69, 9.17) is 10.5 Å². The Balaban J connectivity index is 2.17. The zero-order valence-corrected chi connectivity index (χ0v) is 11.8. The molecule has 4 atom stereocenters. The van der Waals surface area contributed by atoms with E-state index in [9.17, 15) is 15.3 Å². The van der Waals surface area contributed by atoms with Crippen molar-refractivity contribution in [3.05, 3.63) is 18.1 Å². The van der Waals surface area contributed by atoms with Crippen LogP contribution in [0.15, 0.2) is 12.4 Å². The summed E-state index contributed by atoms with van der Waals surface area (Å²) in [5.74, 6) is 0.332. The summed E-state index contributed by atoms with van der Waals surface area (Å²) in [6.07, 6.45) is -1.61. The second-order valence-electron chi connectivity index (χ2n) is 5.53. The van der Waals surface area contributed by atoms with Crippen molar-refractivity contribution in [1.29, 1.82) is 0 Å². The van der Waals surface area contributed by atoms with Crippen molar-refractivity contribution in [2.45, 2.75) is 37.9 Å². The van der Waals surface area contributed by atoms with Gasteiger partial charge in [-0.15, -0.1) is 0 Å². The molecule has 2 aromatic rings. The molecule has 1 saturated heterocycles. The number of nitrogens with two attached hydrogens (primary N) is 1. The highest BCUT2D eigenvalue weighted by atomic mass is 16.6. The fourth-order valence-corrected chi connectivity index (χ4v) is 2.84. The van der Waals surface area contributed by atoms with E-state index in [2.05, 4.69) is 9.97 Å². The first-order valence-electron chi connectivity index (χ1n) is 6.62. The second-order valence-corrected chi connectivity index (χ2v) is 5.53. The van der Waals surface area contributed by atoms with E-state index < -0.39 is 24.0 Å². The summed E-state index contributed by atoms with van der Waals surface area (Å²) in [4.78, 5) is 8.12. The smallest absolute Gasteiger partial charge is 0.167 e. The lowest BCUT2D eigenvalue weighted by Crippen LogP contribution is -2.44. The van der Waals surface area contributed by atoms with E-state index in [1.807, 2.05) is 6.92 Å². The molecule has 0 saturated carbocycles. The van der Waals surface area contributed by atoms with Gasteiger partial charge in [-0.3, -0.25) is 0 Å². The monoisotopic (exact) mass is 294 g/mol. The average Bonchev–Trinajstić information content (AvgIpc) is 2.87. The highest BCUT2D eigenvalue weighted by Gasteiger charge is 2.53. The minimum absolute atomic E-state index is 0.332. The van der Waals surface area contributed by atoms with E-state index in [1.165, 1.54) is 13.3 Å². The lowest BCUT2D eigenvalue weighted by atomic mass is 9.96. The number of hydrogen-bond acceptors (Lipinski definition) is 7. The molecule has 21 heavy (non-hydrogen) atoms. The van der Waals surface area contributed by atoms with Crippen LogP contribution in [0, 0.1) is 6.92 Å². The van der Waals surface area contributed by atoms with Crippen LogP contribution in [0.5, 0.6) is 0 Å². The molecule has 0 spiro atoms. The van der Waals surface area contributed by atoms with Crippen molar-refractivity contribution in [3.8, 4) is 0 Å². The van der Waals surface area contributed by atoms with Gasteiger partial charge in [-0.2, -0.15) is 0 Å². The maximum absolute atomic E-state index is 10.6. The minimum atomic E-state index is -1.57. The van der Waals surface area contributed by atoms with Crippen LogP contribution in [-0.2, 0) is 4.74 Å². The molecule has 3 heterocycles. The van der Waals surface area contributed by atoms with E-state index in [0.717, 1.165) is 5.69 Å². The maximum atomic E-state index is 10.6. The fourth-order valence-electron chi connectivity index (χ4n) is 2.84. The van der Waals surface area contributed by atoms with E-state index >= 15 is 0 Å². The standard InChI is InChI=1S/C13H18N4O4/c1-6-3-7-10(14)15-5-16-11(7)17(6)12-13(2,20)9(19)8(4-18)21-12/h3,5,8-9,12,18-20H,4H2,1-2H3,(H2,14,15,16). The van der Waals surface area contributed by atoms with Gasteiger partial charge in [0.2, 0.25) is 0 Å². The van der Waals surface area contributed by atoms with Crippen molar-refractivity contribution in [1.82, 2.24) is 14.5 Å². The molecule has 8 heteroatoms.